The molecule has 0 saturated carbocycles. The van der Waals surface area contributed by atoms with Gasteiger partial charge in [-0.25, -0.2) is 0 Å². The summed E-state index contributed by atoms with van der Waals surface area (Å²) in [5.41, 5.74) is 69.1. The van der Waals surface area contributed by atoms with E-state index in [9.17, 15) is 86.9 Å². The molecule has 2 aliphatic heterocycles. The summed E-state index contributed by atoms with van der Waals surface area (Å²) in [7, 11) is 0. The van der Waals surface area contributed by atoms with Crippen molar-refractivity contribution in [1.82, 2.24) is 10.6 Å². The Morgan fingerprint density at radius 2 is 0.495 bits per heavy atom. The molecule has 14 atom stereocenters. The van der Waals surface area contributed by atoms with Gasteiger partial charge in [0, 0.05) is 23.0 Å². The van der Waals surface area contributed by atoms with Crippen molar-refractivity contribution in [3.63, 3.8) is 0 Å². The number of carbonyl (C=O) groups is 16. The first-order valence-corrected chi connectivity index (χ1v) is 33.1. The van der Waals surface area contributed by atoms with Gasteiger partial charge in [-0.05, 0) is 76.3 Å². The van der Waals surface area contributed by atoms with Gasteiger partial charge < -0.3 is 172 Å². The van der Waals surface area contributed by atoms with Gasteiger partial charge in [0.1, 0.15) is 72.5 Å². The van der Waals surface area contributed by atoms with Gasteiger partial charge in [0.05, 0.1) is 36.9 Å². The van der Waals surface area contributed by atoms with Crippen LogP contribution in [0.1, 0.15) is 108 Å². The van der Waals surface area contributed by atoms with E-state index in [0.717, 1.165) is 38.8 Å². The third-order valence-corrected chi connectivity index (χ3v) is 12.6. The maximum Gasteiger partial charge on any atom is 2.00 e. The van der Waals surface area contributed by atoms with E-state index in [1.807, 2.05) is 0 Å². The minimum Gasteiger partial charge on any atom is -0.548 e. The normalized spacial score (nSPS) is 15.6. The van der Waals surface area contributed by atoms with Crippen LogP contribution < -0.4 is 101 Å². The number of aliphatic carboxylic acids is 14. The van der Waals surface area contributed by atoms with Gasteiger partial charge in [0.25, 0.3) is 0 Å². The summed E-state index contributed by atoms with van der Waals surface area (Å²) in [5.74, 6) is -14.7. The van der Waals surface area contributed by atoms with Crippen molar-refractivity contribution >= 4 is 146 Å². The second kappa shape index (κ2) is 79.9. The van der Waals surface area contributed by atoms with E-state index in [0.29, 0.717) is 0 Å². The van der Waals surface area contributed by atoms with Crippen LogP contribution in [-0.2, 0) is 93.8 Å². The zero-order valence-corrected chi connectivity index (χ0v) is 65.3. The van der Waals surface area contributed by atoms with Gasteiger partial charge in [-0.3, -0.25) is 67.1 Å². The molecule has 2 heterocycles. The molecule has 0 aromatic carbocycles. The van der Waals surface area contributed by atoms with Gasteiger partial charge in [0.15, 0.2) is 0 Å². The van der Waals surface area contributed by atoms with E-state index in [1.54, 1.807) is 55.4 Å². The fourth-order valence-corrected chi connectivity index (χ4v) is 4.46. The van der Waals surface area contributed by atoms with Crippen LogP contribution in [-0.4, -0.2) is 277 Å². The molecular formula is C56H118CuN16O30S4. The van der Waals surface area contributed by atoms with Gasteiger partial charge in [-0.2, -0.15) is 50.5 Å². The molecule has 0 spiro atoms. The van der Waals surface area contributed by atoms with Gasteiger partial charge in [-0.1, -0.05) is 55.4 Å². The fraction of sp³-hybridized carbons (Fsp3) is 0.714. The molecule has 0 unspecified atom stereocenters. The number of nitrogens with two attached hydrogens (primary N) is 14. The summed E-state index contributed by atoms with van der Waals surface area (Å²) in [6, 6.07) is -10.7. The average molecular weight is 1690 g/mol. The number of carbonyl (C=O) groups excluding carboxylic acids is 4. The molecule has 51 heteroatoms. The molecule has 0 aromatic rings. The monoisotopic (exact) mass is 1690 g/mol. The number of hydrogen-bond donors (Lipinski definition) is 32. The topological polar surface area (TPSA) is 950 Å². The van der Waals surface area contributed by atoms with Crippen molar-refractivity contribution in [2.45, 2.75) is 192 Å². The van der Waals surface area contributed by atoms with Crippen LogP contribution in [0, 0.1) is 23.7 Å². The number of amides is 2. The molecular weight excluding hydrogens is 1570 g/mol. The molecule has 0 aromatic heterocycles. The average Bonchev–Trinajstić information content (AvgIpc) is 1.88. The Labute approximate surface area is 651 Å². The second-order valence-electron chi connectivity index (χ2n) is 22.4. The number of hydrogen-bond acceptors (Lipinski definition) is 36. The summed E-state index contributed by atoms with van der Waals surface area (Å²) in [6.45, 7) is 18.8. The standard InChI is InChI=1S/2C5H9NO2.4C5H11NO2.2C4H8N2O3.4C3H7NO2S.2C3H7NO2.Cu/c2*7-5(8)4-2-1-3-6-4;4*1-3(2)4(6)5(7)8;2*5-2(4(8)9)1-3(6)7;4*4-2(1-7)3(5)6;2*1-2(4)3(5)6;/h2*4,6H,1-3H2,(H,7,8);4*3-4H,6H2,1-2H3,(H,7,8);2*2H,1,5H2,(H2,6,7)(H,8,9);4*2,7H,1,4H2,(H,5,6);2*2H,4H2,1H3,(H,5,6);/q;;;;;;;;;;;;;;+2/p-2/t6*4-;8*2-;/m00000000000000./s1. The maximum absolute atomic E-state index is 10.1. The molecule has 0 aliphatic carbocycles. The number of carboxylic acids is 14. The third kappa shape index (κ3) is 103. The van der Waals surface area contributed by atoms with Crippen molar-refractivity contribution < 1.29 is 165 Å². The van der Waals surface area contributed by atoms with Crippen molar-refractivity contribution in [3.8, 4) is 0 Å². The summed E-state index contributed by atoms with van der Waals surface area (Å²) < 4.78 is 0. The predicted molar refractivity (Wildman–Crippen MR) is 393 cm³/mol. The Bertz CT molecular complexity index is 2220. The fourth-order valence-electron chi connectivity index (χ4n) is 3.84. The van der Waals surface area contributed by atoms with E-state index in [1.165, 1.54) is 13.8 Å². The van der Waals surface area contributed by atoms with Crippen LogP contribution in [0.2, 0.25) is 0 Å². The van der Waals surface area contributed by atoms with Crippen molar-refractivity contribution in [2.75, 3.05) is 36.1 Å². The third-order valence-electron chi connectivity index (χ3n) is 11.0. The number of rotatable bonds is 26. The Balaban J connectivity index is -0.0000000809. The smallest absolute Gasteiger partial charge is 0.548 e. The molecule has 107 heavy (non-hydrogen) atoms. The van der Waals surface area contributed by atoms with Gasteiger partial charge >= 0.3 is 88.7 Å². The summed E-state index contributed by atoms with van der Waals surface area (Å²) in [5, 5.41) is 123. The quantitative estimate of drug-likeness (QED) is 0.0282. The Morgan fingerprint density at radius 1 is 0.327 bits per heavy atom. The van der Waals surface area contributed by atoms with E-state index in [-0.39, 0.29) is 88.7 Å². The van der Waals surface area contributed by atoms with E-state index in [2.05, 4.69) is 72.6 Å². The molecule has 2 fully saturated rings. The molecule has 2 saturated heterocycles. The molecule has 46 nitrogen and oxygen atoms in total. The van der Waals surface area contributed by atoms with Crippen molar-refractivity contribution in [3.05, 3.63) is 0 Å². The SMILES string of the molecule is CC(C)[C@H](N)C(=O)O.CC(C)[C@H](N)C(=O)O.CC(C)[C@H](N)C(=O)O.CC(C)[C@H](N)C(=O)O.C[C@H](N)C(=O)O.C[C@H](N)C(=O)O.NC(=O)C[C@H](N)C(=O)O.NC(=O)C[C@H](N)C(=O)O.N[C@@H](CS)C(=O)O.N[C@@H](CS)C(=O)O.N[C@@H](CS)C(=O)[O-].N[C@@H](CS)C(=O)[O-].O=C(O)[C@@H]1CCCN1.O=C(O)[C@@H]1CCCN1.[Cu+2]. The Hall–Kier alpha value is -7.12. The minimum atomic E-state index is -1.25. The zero-order valence-electron chi connectivity index (χ0n) is 60.8. The number of carboxylic acid groups (broad SMARTS) is 14. The van der Waals surface area contributed by atoms with E-state index >= 15 is 0 Å². The largest absolute Gasteiger partial charge is 2.00 e. The first-order chi connectivity index (χ1) is 47.9. The van der Waals surface area contributed by atoms with Gasteiger partial charge in [0.2, 0.25) is 11.8 Å². The van der Waals surface area contributed by atoms with Crippen LogP contribution in [0.3, 0.4) is 0 Å². The Kier molecular flexibility index (Phi) is 96.6. The minimum absolute atomic E-state index is 0. The number of primary amides is 2. The van der Waals surface area contributed by atoms with Crippen LogP contribution in [0.4, 0.5) is 0 Å². The molecule has 42 N–H and O–H groups in total. The van der Waals surface area contributed by atoms with E-state index < -0.39 is 168 Å². The molecule has 2 rings (SSSR count). The molecule has 2 amide bonds. The summed E-state index contributed by atoms with van der Waals surface area (Å²) >= 11 is 14.5. The maximum atomic E-state index is 10.1. The van der Waals surface area contributed by atoms with Gasteiger partial charge in [-0.15, -0.1) is 0 Å². The molecule has 0 bridgehead atoms. The summed E-state index contributed by atoms with van der Waals surface area (Å²) in [6.07, 6.45) is 2.95. The predicted octanol–water partition coefficient (Wildman–Crippen LogP) is -10.1. The van der Waals surface area contributed by atoms with Crippen LogP contribution >= 0.6 is 50.5 Å². The first kappa shape index (κ1) is 129. The zero-order chi connectivity index (χ0) is 87.5. The first-order valence-electron chi connectivity index (χ1n) is 30.6. The van der Waals surface area contributed by atoms with Crippen LogP contribution in [0.25, 0.3) is 0 Å². The van der Waals surface area contributed by atoms with Crippen molar-refractivity contribution in [1.29, 1.82) is 0 Å². The van der Waals surface area contributed by atoms with Crippen LogP contribution in [0.15, 0.2) is 0 Å². The van der Waals surface area contributed by atoms with Crippen molar-refractivity contribution in [2.24, 2.45) is 104 Å². The number of thiol groups is 4. The van der Waals surface area contributed by atoms with E-state index in [4.69, 9.17) is 130 Å². The molecule has 2 aliphatic rings. The Morgan fingerprint density at radius 3 is 0.523 bits per heavy atom. The second-order valence-corrected chi connectivity index (χ2v) is 23.8. The molecule has 1 radical (unpaired) electrons. The number of nitrogens with one attached hydrogen (secondary N) is 2. The van der Waals surface area contributed by atoms with Crippen LogP contribution in [0.5, 0.6) is 0 Å². The molecule has 637 valence electrons. The summed E-state index contributed by atoms with van der Waals surface area (Å²) in [4.78, 5) is 158.